The molecule has 0 fully saturated rings. The normalized spacial score (nSPS) is 10.8. The average molecular weight is 313 g/mol. The van der Waals surface area contributed by atoms with Crippen LogP contribution in [0.25, 0.3) is 10.9 Å². The smallest absolute Gasteiger partial charge is 0.271 e. The quantitative estimate of drug-likeness (QED) is 0.647. The highest BCUT2D eigenvalue weighted by molar-refractivity contribution is 7.98. The summed E-state index contributed by atoms with van der Waals surface area (Å²) in [5.74, 6) is 0. The van der Waals surface area contributed by atoms with Crippen molar-refractivity contribution >= 4 is 28.4 Å². The van der Waals surface area contributed by atoms with Gasteiger partial charge in [-0.15, -0.1) is 11.8 Å². The van der Waals surface area contributed by atoms with Gasteiger partial charge in [0.05, 0.1) is 0 Å². The molecule has 3 aromatic rings. The topological polar surface area (TPSA) is 77.8 Å². The molecule has 0 aliphatic carbocycles. The van der Waals surface area contributed by atoms with Crippen LogP contribution < -0.4 is 16.4 Å². The molecule has 0 aliphatic heterocycles. The van der Waals surface area contributed by atoms with E-state index in [1.807, 2.05) is 30.5 Å². The van der Waals surface area contributed by atoms with Crippen molar-refractivity contribution in [2.75, 3.05) is 11.6 Å². The number of thioether (sulfide) groups is 1. The van der Waals surface area contributed by atoms with Gasteiger partial charge in [0.15, 0.2) is 0 Å². The molecule has 22 heavy (non-hydrogen) atoms. The van der Waals surface area contributed by atoms with E-state index in [1.54, 1.807) is 30.1 Å². The molecular formula is C16H15N3O2S. The number of fused-ring (bicyclic) bond motifs is 1. The number of pyridine rings is 2. The predicted octanol–water partition coefficient (Wildman–Crippen LogP) is 2.55. The van der Waals surface area contributed by atoms with Crippen molar-refractivity contribution in [1.82, 2.24) is 9.97 Å². The summed E-state index contributed by atoms with van der Waals surface area (Å²) < 4.78 is 0. The number of H-pyrrole nitrogens is 2. The van der Waals surface area contributed by atoms with Crippen LogP contribution in [0.1, 0.15) is 5.56 Å². The molecule has 2 aromatic heterocycles. The maximum absolute atomic E-state index is 12.2. The Kier molecular flexibility index (Phi) is 4.02. The summed E-state index contributed by atoms with van der Waals surface area (Å²) in [7, 11) is 0. The third-order valence-corrected chi connectivity index (χ3v) is 4.14. The molecular weight excluding hydrogens is 298 g/mol. The number of hydrogen-bond acceptors (Lipinski definition) is 4. The van der Waals surface area contributed by atoms with E-state index >= 15 is 0 Å². The second-order valence-corrected chi connectivity index (χ2v) is 5.72. The van der Waals surface area contributed by atoms with Crippen molar-refractivity contribution in [1.29, 1.82) is 0 Å². The first kappa shape index (κ1) is 14.5. The molecule has 0 unspecified atom stereocenters. The molecule has 0 saturated carbocycles. The molecule has 0 saturated heterocycles. The first-order valence-electron chi connectivity index (χ1n) is 6.79. The van der Waals surface area contributed by atoms with Crippen LogP contribution in [0.3, 0.4) is 0 Å². The van der Waals surface area contributed by atoms with Gasteiger partial charge in [0.2, 0.25) is 0 Å². The lowest BCUT2D eigenvalue weighted by molar-refractivity contribution is 1.07. The zero-order chi connectivity index (χ0) is 15.5. The highest BCUT2D eigenvalue weighted by atomic mass is 32.2. The lowest BCUT2D eigenvalue weighted by atomic mass is 10.1. The molecule has 0 amide bonds. The number of nitrogens with one attached hydrogen (secondary N) is 3. The number of hydrogen-bond donors (Lipinski definition) is 3. The summed E-state index contributed by atoms with van der Waals surface area (Å²) in [6.45, 7) is 0.294. The van der Waals surface area contributed by atoms with E-state index in [0.29, 0.717) is 17.8 Å². The molecule has 5 nitrogen and oxygen atoms in total. The molecule has 6 heteroatoms. The molecule has 0 aliphatic rings. The molecule has 0 bridgehead atoms. The fourth-order valence-electron chi connectivity index (χ4n) is 2.23. The number of anilines is 1. The molecule has 0 radical (unpaired) electrons. The predicted molar refractivity (Wildman–Crippen MR) is 90.7 cm³/mol. The first-order valence-corrected chi connectivity index (χ1v) is 8.01. The van der Waals surface area contributed by atoms with Gasteiger partial charge < -0.3 is 15.3 Å². The second kappa shape index (κ2) is 6.11. The van der Waals surface area contributed by atoms with Crippen molar-refractivity contribution in [3.63, 3.8) is 0 Å². The fraction of sp³-hybridized carbons (Fsp3) is 0.125. The van der Waals surface area contributed by atoms with Crippen LogP contribution in [0.15, 0.2) is 57.1 Å². The van der Waals surface area contributed by atoms with E-state index in [9.17, 15) is 9.59 Å². The Morgan fingerprint density at radius 2 is 2.00 bits per heavy atom. The van der Waals surface area contributed by atoms with Crippen molar-refractivity contribution < 1.29 is 0 Å². The van der Waals surface area contributed by atoms with Gasteiger partial charge in [-0.05, 0) is 42.0 Å². The van der Waals surface area contributed by atoms with Crippen LogP contribution in [0.2, 0.25) is 0 Å². The van der Waals surface area contributed by atoms with Crippen LogP contribution in [-0.2, 0) is 6.54 Å². The van der Waals surface area contributed by atoms with Gasteiger partial charge in [-0.25, -0.2) is 0 Å². The third kappa shape index (κ3) is 2.92. The van der Waals surface area contributed by atoms with Gasteiger partial charge in [0.25, 0.3) is 11.1 Å². The Hall–Kier alpha value is -2.47. The van der Waals surface area contributed by atoms with E-state index < -0.39 is 0 Å². The molecule has 3 rings (SSSR count). The standard InChI is InChI=1S/C16H15N3O2S/c1-22-12-5-4-10-7-11(15(20)19-14(10)8-12)9-18-13-3-2-6-17-16(13)21/h2-8,18H,9H2,1H3,(H,17,21)(H,19,20). The highest BCUT2D eigenvalue weighted by Crippen LogP contribution is 2.20. The Labute approximate surface area is 130 Å². The van der Waals surface area contributed by atoms with Gasteiger partial charge in [0.1, 0.15) is 5.69 Å². The van der Waals surface area contributed by atoms with Gasteiger partial charge in [-0.3, -0.25) is 9.59 Å². The maximum atomic E-state index is 12.2. The van der Waals surface area contributed by atoms with Gasteiger partial charge in [0, 0.05) is 28.7 Å². The molecule has 0 spiro atoms. The van der Waals surface area contributed by atoms with Crippen LogP contribution in [0.5, 0.6) is 0 Å². The summed E-state index contributed by atoms with van der Waals surface area (Å²) in [4.78, 5) is 30.3. The minimum absolute atomic E-state index is 0.148. The number of aromatic amines is 2. The molecule has 0 atom stereocenters. The summed E-state index contributed by atoms with van der Waals surface area (Å²) in [5, 5.41) is 3.96. The summed E-state index contributed by atoms with van der Waals surface area (Å²) >= 11 is 1.63. The molecule has 3 N–H and O–H groups in total. The van der Waals surface area contributed by atoms with E-state index in [-0.39, 0.29) is 11.1 Å². The largest absolute Gasteiger partial charge is 0.376 e. The Morgan fingerprint density at radius 3 is 2.77 bits per heavy atom. The third-order valence-electron chi connectivity index (χ3n) is 3.42. The van der Waals surface area contributed by atoms with E-state index in [4.69, 9.17) is 0 Å². The van der Waals surface area contributed by atoms with Crippen LogP contribution >= 0.6 is 11.8 Å². The average Bonchev–Trinajstić information content (AvgIpc) is 2.53. The SMILES string of the molecule is CSc1ccc2cc(CNc3ccc[nH]c3=O)c(=O)[nH]c2c1. The lowest BCUT2D eigenvalue weighted by Gasteiger charge is -2.07. The number of benzene rings is 1. The minimum Gasteiger partial charge on any atom is -0.376 e. The number of rotatable bonds is 4. The summed E-state index contributed by atoms with van der Waals surface area (Å²) in [6, 6.07) is 11.2. The Bertz CT molecular complexity index is 930. The molecule has 112 valence electrons. The van der Waals surface area contributed by atoms with Crippen molar-refractivity contribution in [2.45, 2.75) is 11.4 Å². The van der Waals surface area contributed by atoms with Gasteiger partial charge in [-0.1, -0.05) is 6.07 Å². The van der Waals surface area contributed by atoms with E-state index in [1.165, 1.54) is 0 Å². The second-order valence-electron chi connectivity index (χ2n) is 4.84. The van der Waals surface area contributed by atoms with Crippen molar-refractivity contribution in [3.05, 3.63) is 68.9 Å². The van der Waals surface area contributed by atoms with Crippen LogP contribution in [0, 0.1) is 0 Å². The maximum Gasteiger partial charge on any atom is 0.271 e. The fourth-order valence-corrected chi connectivity index (χ4v) is 2.67. The van der Waals surface area contributed by atoms with Crippen LogP contribution in [0.4, 0.5) is 5.69 Å². The zero-order valence-electron chi connectivity index (χ0n) is 12.0. The minimum atomic E-state index is -0.204. The van der Waals surface area contributed by atoms with Crippen molar-refractivity contribution in [3.8, 4) is 0 Å². The molecule has 1 aromatic carbocycles. The summed E-state index contributed by atoms with van der Waals surface area (Å²) in [6.07, 6.45) is 3.56. The van der Waals surface area contributed by atoms with Gasteiger partial charge >= 0.3 is 0 Å². The van der Waals surface area contributed by atoms with Crippen LogP contribution in [-0.4, -0.2) is 16.2 Å². The number of aromatic nitrogens is 2. The summed E-state index contributed by atoms with van der Waals surface area (Å²) in [5.41, 5.74) is 1.50. The van der Waals surface area contributed by atoms with E-state index in [0.717, 1.165) is 15.8 Å². The van der Waals surface area contributed by atoms with Gasteiger partial charge in [-0.2, -0.15) is 0 Å². The zero-order valence-corrected chi connectivity index (χ0v) is 12.8. The van der Waals surface area contributed by atoms with Crippen molar-refractivity contribution in [2.24, 2.45) is 0 Å². The highest BCUT2D eigenvalue weighted by Gasteiger charge is 2.05. The van der Waals surface area contributed by atoms with E-state index in [2.05, 4.69) is 15.3 Å². The first-order chi connectivity index (χ1) is 10.7. The monoisotopic (exact) mass is 313 g/mol. The Morgan fingerprint density at radius 1 is 1.14 bits per heavy atom. The Balaban J connectivity index is 1.91. The molecule has 2 heterocycles. The lowest BCUT2D eigenvalue weighted by Crippen LogP contribution is -2.18.